The van der Waals surface area contributed by atoms with Crippen LogP contribution in [0.15, 0.2) is 0 Å². The minimum absolute atomic E-state index is 0.0344. The number of rotatable bonds is 6. The van der Waals surface area contributed by atoms with Crippen molar-refractivity contribution in [1.29, 1.82) is 0 Å². The maximum absolute atomic E-state index is 12.7. The van der Waals surface area contributed by atoms with Crippen molar-refractivity contribution in [2.75, 3.05) is 13.2 Å². The van der Waals surface area contributed by atoms with Gasteiger partial charge in [0.15, 0.2) is 0 Å². The SMILES string of the molecule is CC(C)CC1(C(=O)NCC2(CO)CCCC2)CCCC1. The second-order valence-corrected chi connectivity index (χ2v) is 7.63. The molecule has 0 aliphatic heterocycles. The van der Waals surface area contributed by atoms with Gasteiger partial charge in [-0.05, 0) is 38.0 Å². The van der Waals surface area contributed by atoms with Crippen LogP contribution in [0.3, 0.4) is 0 Å². The third-order valence-electron chi connectivity index (χ3n) is 5.46. The first-order valence-corrected chi connectivity index (χ1v) is 8.41. The van der Waals surface area contributed by atoms with Gasteiger partial charge in [0.05, 0.1) is 6.61 Å². The molecule has 0 atom stereocenters. The molecule has 2 aliphatic rings. The van der Waals surface area contributed by atoms with Crippen molar-refractivity contribution in [3.63, 3.8) is 0 Å². The summed E-state index contributed by atoms with van der Waals surface area (Å²) in [6.45, 7) is 5.30. The Morgan fingerprint density at radius 2 is 1.65 bits per heavy atom. The Bertz CT molecular complexity index is 326. The average molecular weight is 281 g/mol. The third kappa shape index (κ3) is 3.36. The lowest BCUT2D eigenvalue weighted by Gasteiger charge is -2.33. The van der Waals surface area contributed by atoms with Crippen LogP contribution in [0.1, 0.15) is 71.6 Å². The number of aliphatic hydroxyl groups is 1. The normalized spacial score (nSPS) is 24.2. The first-order chi connectivity index (χ1) is 9.52. The van der Waals surface area contributed by atoms with Crippen LogP contribution in [0.4, 0.5) is 0 Å². The number of amides is 1. The van der Waals surface area contributed by atoms with Crippen molar-refractivity contribution < 1.29 is 9.90 Å². The molecule has 0 heterocycles. The highest BCUT2D eigenvalue weighted by atomic mass is 16.3. The van der Waals surface area contributed by atoms with Gasteiger partial charge in [-0.25, -0.2) is 0 Å². The number of carbonyl (C=O) groups excluding carboxylic acids is 1. The van der Waals surface area contributed by atoms with Crippen molar-refractivity contribution in [2.24, 2.45) is 16.7 Å². The number of hydrogen-bond acceptors (Lipinski definition) is 2. The van der Waals surface area contributed by atoms with E-state index in [1.54, 1.807) is 0 Å². The predicted molar refractivity (Wildman–Crippen MR) is 81.4 cm³/mol. The number of carbonyl (C=O) groups is 1. The molecule has 0 bridgehead atoms. The summed E-state index contributed by atoms with van der Waals surface area (Å²) in [6, 6.07) is 0. The molecular weight excluding hydrogens is 250 g/mol. The molecule has 1 amide bonds. The molecule has 0 aromatic heterocycles. The molecule has 0 unspecified atom stereocenters. The molecule has 3 nitrogen and oxygen atoms in total. The molecule has 0 aromatic carbocycles. The standard InChI is InChI=1S/C17H31NO2/c1-14(2)11-17(9-5-6-10-17)15(20)18-12-16(13-19)7-3-4-8-16/h14,19H,3-13H2,1-2H3,(H,18,20). The zero-order valence-electron chi connectivity index (χ0n) is 13.2. The smallest absolute Gasteiger partial charge is 0.226 e. The third-order valence-corrected chi connectivity index (χ3v) is 5.46. The molecule has 3 heteroatoms. The van der Waals surface area contributed by atoms with Crippen LogP contribution >= 0.6 is 0 Å². The predicted octanol–water partition coefficient (Wildman–Crippen LogP) is 3.26. The Labute approximate surface area is 123 Å². The average Bonchev–Trinajstić information content (AvgIpc) is 3.06. The van der Waals surface area contributed by atoms with Gasteiger partial charge in [-0.1, -0.05) is 39.5 Å². The number of hydrogen-bond donors (Lipinski definition) is 2. The molecule has 2 fully saturated rings. The van der Waals surface area contributed by atoms with Crippen molar-refractivity contribution in [3.8, 4) is 0 Å². The Morgan fingerprint density at radius 1 is 1.10 bits per heavy atom. The molecule has 2 N–H and O–H groups in total. The zero-order chi connectivity index (χ0) is 14.6. The van der Waals surface area contributed by atoms with E-state index in [-0.39, 0.29) is 23.3 Å². The Balaban J connectivity index is 1.95. The highest BCUT2D eigenvalue weighted by Gasteiger charge is 2.42. The first-order valence-electron chi connectivity index (χ1n) is 8.41. The van der Waals surface area contributed by atoms with Crippen LogP contribution in [0, 0.1) is 16.7 Å². The Hall–Kier alpha value is -0.570. The fourth-order valence-corrected chi connectivity index (χ4v) is 4.33. The second-order valence-electron chi connectivity index (χ2n) is 7.63. The van der Waals surface area contributed by atoms with Crippen molar-refractivity contribution in [2.45, 2.75) is 71.6 Å². The molecule has 0 aromatic rings. The van der Waals surface area contributed by atoms with Crippen LogP contribution in [0.25, 0.3) is 0 Å². The molecule has 116 valence electrons. The highest BCUT2D eigenvalue weighted by molar-refractivity contribution is 5.83. The van der Waals surface area contributed by atoms with Crippen LogP contribution in [-0.2, 0) is 4.79 Å². The number of aliphatic hydroxyl groups excluding tert-OH is 1. The molecular formula is C17H31NO2. The molecule has 0 radical (unpaired) electrons. The number of nitrogens with one attached hydrogen (secondary N) is 1. The molecule has 20 heavy (non-hydrogen) atoms. The van der Waals surface area contributed by atoms with Gasteiger partial charge in [0, 0.05) is 17.4 Å². The summed E-state index contributed by atoms with van der Waals surface area (Å²) >= 11 is 0. The molecule has 2 aliphatic carbocycles. The van der Waals surface area contributed by atoms with Crippen LogP contribution < -0.4 is 5.32 Å². The van der Waals surface area contributed by atoms with Crippen LogP contribution in [0.2, 0.25) is 0 Å². The fraction of sp³-hybridized carbons (Fsp3) is 0.941. The topological polar surface area (TPSA) is 49.3 Å². The lowest BCUT2D eigenvalue weighted by molar-refractivity contribution is -0.132. The van der Waals surface area contributed by atoms with Crippen molar-refractivity contribution in [1.82, 2.24) is 5.32 Å². The monoisotopic (exact) mass is 281 g/mol. The van der Waals surface area contributed by atoms with E-state index in [2.05, 4.69) is 19.2 Å². The maximum atomic E-state index is 12.7. The molecule has 2 rings (SSSR count). The first kappa shape index (κ1) is 15.8. The summed E-state index contributed by atoms with van der Waals surface area (Å²) in [5, 5.41) is 12.9. The van der Waals surface area contributed by atoms with Gasteiger partial charge in [0.2, 0.25) is 5.91 Å². The van der Waals surface area contributed by atoms with E-state index in [0.29, 0.717) is 12.5 Å². The fourth-order valence-electron chi connectivity index (χ4n) is 4.33. The van der Waals surface area contributed by atoms with E-state index in [1.807, 2.05) is 0 Å². The summed E-state index contributed by atoms with van der Waals surface area (Å²) in [5.74, 6) is 0.820. The highest BCUT2D eigenvalue weighted by Crippen LogP contribution is 2.44. The van der Waals surface area contributed by atoms with Crippen LogP contribution in [-0.4, -0.2) is 24.2 Å². The summed E-state index contributed by atoms with van der Waals surface area (Å²) in [4.78, 5) is 12.7. The largest absolute Gasteiger partial charge is 0.396 e. The minimum atomic E-state index is -0.122. The minimum Gasteiger partial charge on any atom is -0.396 e. The van der Waals surface area contributed by atoms with Gasteiger partial charge in [0.1, 0.15) is 0 Å². The van der Waals surface area contributed by atoms with E-state index in [9.17, 15) is 9.90 Å². The summed E-state index contributed by atoms with van der Waals surface area (Å²) in [7, 11) is 0. The van der Waals surface area contributed by atoms with Gasteiger partial charge < -0.3 is 10.4 Å². The second kappa shape index (κ2) is 6.46. The Kier molecular flexibility index (Phi) is 5.11. The zero-order valence-corrected chi connectivity index (χ0v) is 13.2. The van der Waals surface area contributed by atoms with Gasteiger partial charge in [-0.2, -0.15) is 0 Å². The van der Waals surface area contributed by atoms with Gasteiger partial charge in [-0.3, -0.25) is 4.79 Å². The van der Waals surface area contributed by atoms with E-state index < -0.39 is 0 Å². The molecule has 0 saturated heterocycles. The summed E-state index contributed by atoms with van der Waals surface area (Å²) in [6.07, 6.45) is 9.96. The quantitative estimate of drug-likeness (QED) is 0.785. The van der Waals surface area contributed by atoms with E-state index >= 15 is 0 Å². The maximum Gasteiger partial charge on any atom is 0.226 e. The molecule has 2 saturated carbocycles. The summed E-state index contributed by atoms with van der Waals surface area (Å²) in [5.41, 5.74) is -0.156. The molecule has 0 spiro atoms. The van der Waals surface area contributed by atoms with E-state index in [0.717, 1.165) is 32.1 Å². The van der Waals surface area contributed by atoms with E-state index in [1.165, 1.54) is 25.7 Å². The van der Waals surface area contributed by atoms with Crippen molar-refractivity contribution in [3.05, 3.63) is 0 Å². The summed E-state index contributed by atoms with van der Waals surface area (Å²) < 4.78 is 0. The van der Waals surface area contributed by atoms with Gasteiger partial charge in [0.25, 0.3) is 0 Å². The lowest BCUT2D eigenvalue weighted by Crippen LogP contribution is -2.45. The van der Waals surface area contributed by atoms with Crippen LogP contribution in [0.5, 0.6) is 0 Å². The van der Waals surface area contributed by atoms with Crippen molar-refractivity contribution >= 4 is 5.91 Å². The van der Waals surface area contributed by atoms with Gasteiger partial charge in [-0.15, -0.1) is 0 Å². The van der Waals surface area contributed by atoms with Gasteiger partial charge >= 0.3 is 0 Å². The Morgan fingerprint density at radius 3 is 2.15 bits per heavy atom. The lowest BCUT2D eigenvalue weighted by atomic mass is 9.77. The van der Waals surface area contributed by atoms with E-state index in [4.69, 9.17) is 0 Å².